The number of amides is 1. The van der Waals surface area contributed by atoms with E-state index in [0.29, 0.717) is 49.9 Å². The average Bonchev–Trinajstić information content (AvgIpc) is 3.54. The summed E-state index contributed by atoms with van der Waals surface area (Å²) in [4.78, 5) is 33.3. The zero-order valence-electron chi connectivity index (χ0n) is 25.4. The molecule has 2 aromatic heterocycles. The molecule has 3 aliphatic rings. The zero-order valence-corrected chi connectivity index (χ0v) is 25.4. The molecule has 0 saturated carbocycles. The van der Waals surface area contributed by atoms with Gasteiger partial charge in [0.1, 0.15) is 23.9 Å². The lowest BCUT2D eigenvalue weighted by Gasteiger charge is -2.37. The maximum Gasteiger partial charge on any atom is 0.270 e. The molecule has 3 N–H and O–H groups in total. The van der Waals surface area contributed by atoms with Crippen LogP contribution in [-0.2, 0) is 24.3 Å². The lowest BCUT2D eigenvalue weighted by Crippen LogP contribution is -2.49. The number of nitrogens with one attached hydrogen (secondary N) is 2. The van der Waals surface area contributed by atoms with Crippen molar-refractivity contribution in [2.45, 2.75) is 51.6 Å². The molecule has 0 spiro atoms. The molecule has 44 heavy (non-hydrogen) atoms. The Bertz CT molecular complexity index is 1390. The standard InChI is InChI=1S/C31H42N8O5/c1-21(2)38-7-9-39(10-8-38)31-35-28(12-29(36-31)34-24-17-42-18-24)30(41)33-13-25(40)16-37-6-5-22-11-26(4-3-23(22)15-37)43-19-27-14-32-20-44-27/h3-4,11-12,14,20-21,24-25,40H,5-10,13,15-19H2,1-2H3,(H,33,41)(H,34,35,36). The lowest BCUT2D eigenvalue weighted by molar-refractivity contribution is 0.0209. The summed E-state index contributed by atoms with van der Waals surface area (Å²) in [6, 6.07) is 8.43. The quantitative estimate of drug-likeness (QED) is 0.275. The minimum absolute atomic E-state index is 0.127. The third-order valence-electron chi connectivity index (χ3n) is 8.37. The number of hydrogen-bond acceptors (Lipinski definition) is 12. The fraction of sp³-hybridized carbons (Fsp3) is 0.548. The Kier molecular flexibility index (Phi) is 9.55. The van der Waals surface area contributed by atoms with E-state index < -0.39 is 6.10 Å². The number of aliphatic hydroxyl groups is 1. The second-order valence-corrected chi connectivity index (χ2v) is 12.0. The summed E-state index contributed by atoms with van der Waals surface area (Å²) in [7, 11) is 0. The van der Waals surface area contributed by atoms with Crippen LogP contribution in [-0.4, -0.2) is 113 Å². The van der Waals surface area contributed by atoms with Crippen LogP contribution in [0.4, 0.5) is 11.8 Å². The van der Waals surface area contributed by atoms with Gasteiger partial charge in [-0.05, 0) is 43.5 Å². The first-order chi connectivity index (χ1) is 21.4. The molecule has 2 fully saturated rings. The molecule has 1 aromatic carbocycles. The van der Waals surface area contributed by atoms with Gasteiger partial charge in [0.05, 0.1) is 31.6 Å². The van der Waals surface area contributed by atoms with Gasteiger partial charge in [0.15, 0.2) is 12.2 Å². The number of rotatable bonds is 12. The van der Waals surface area contributed by atoms with E-state index in [1.807, 2.05) is 6.07 Å². The summed E-state index contributed by atoms with van der Waals surface area (Å²) in [6.07, 6.45) is 3.17. The Balaban J connectivity index is 1.02. The van der Waals surface area contributed by atoms with Crippen molar-refractivity contribution in [3.05, 3.63) is 59.4 Å². The molecule has 1 atom stereocenters. The number of fused-ring (bicyclic) bond motifs is 1. The van der Waals surface area contributed by atoms with Crippen molar-refractivity contribution in [1.29, 1.82) is 0 Å². The van der Waals surface area contributed by atoms with Gasteiger partial charge in [-0.15, -0.1) is 0 Å². The van der Waals surface area contributed by atoms with Crippen molar-refractivity contribution in [3.8, 4) is 5.75 Å². The maximum absolute atomic E-state index is 13.2. The summed E-state index contributed by atoms with van der Waals surface area (Å²) < 4.78 is 16.4. The summed E-state index contributed by atoms with van der Waals surface area (Å²) in [5.41, 5.74) is 2.73. The molecule has 5 heterocycles. The van der Waals surface area contributed by atoms with Crippen LogP contribution in [0.25, 0.3) is 0 Å². The van der Waals surface area contributed by atoms with Crippen molar-refractivity contribution < 1.29 is 23.8 Å². The van der Waals surface area contributed by atoms with E-state index in [-0.39, 0.29) is 24.2 Å². The number of piperazine rings is 1. The van der Waals surface area contributed by atoms with E-state index in [4.69, 9.17) is 18.9 Å². The summed E-state index contributed by atoms with van der Waals surface area (Å²) in [6.45, 7) is 11.5. The van der Waals surface area contributed by atoms with Crippen molar-refractivity contribution in [1.82, 2.24) is 30.1 Å². The van der Waals surface area contributed by atoms with Gasteiger partial charge < -0.3 is 34.5 Å². The van der Waals surface area contributed by atoms with Crippen molar-refractivity contribution in [3.63, 3.8) is 0 Å². The second-order valence-electron chi connectivity index (χ2n) is 12.0. The Hall–Kier alpha value is -3.78. The zero-order chi connectivity index (χ0) is 30.5. The lowest BCUT2D eigenvalue weighted by atomic mass is 9.99. The molecule has 13 nitrogen and oxygen atoms in total. The van der Waals surface area contributed by atoms with Crippen molar-refractivity contribution in [2.75, 3.05) is 69.2 Å². The molecule has 3 aliphatic heterocycles. The molecule has 2 saturated heterocycles. The molecule has 6 rings (SSSR count). The highest BCUT2D eigenvalue weighted by Gasteiger charge is 2.25. The van der Waals surface area contributed by atoms with E-state index in [0.717, 1.165) is 51.4 Å². The van der Waals surface area contributed by atoms with Gasteiger partial charge in [0.2, 0.25) is 5.95 Å². The minimum Gasteiger partial charge on any atom is -0.486 e. The Morgan fingerprint density at radius 2 is 1.95 bits per heavy atom. The molecule has 1 amide bonds. The van der Waals surface area contributed by atoms with E-state index in [1.165, 1.54) is 17.5 Å². The number of nitrogens with zero attached hydrogens (tertiary/aromatic N) is 6. The van der Waals surface area contributed by atoms with Gasteiger partial charge in [-0.1, -0.05) is 6.07 Å². The first kappa shape index (κ1) is 30.3. The van der Waals surface area contributed by atoms with Crippen LogP contribution in [0.3, 0.4) is 0 Å². The number of aromatic nitrogens is 3. The highest BCUT2D eigenvalue weighted by atomic mass is 16.5. The van der Waals surface area contributed by atoms with E-state index in [1.54, 1.807) is 12.3 Å². The van der Waals surface area contributed by atoms with Crippen LogP contribution in [0.1, 0.15) is 41.2 Å². The van der Waals surface area contributed by atoms with Gasteiger partial charge in [0.25, 0.3) is 5.91 Å². The third kappa shape index (κ3) is 7.65. The molecular formula is C31H42N8O5. The average molecular weight is 607 g/mol. The van der Waals surface area contributed by atoms with Crippen molar-refractivity contribution >= 4 is 17.7 Å². The van der Waals surface area contributed by atoms with E-state index in [2.05, 4.69) is 61.3 Å². The number of benzene rings is 1. The van der Waals surface area contributed by atoms with Gasteiger partial charge in [0, 0.05) is 64.5 Å². The summed E-state index contributed by atoms with van der Waals surface area (Å²) in [5, 5.41) is 17.1. The fourth-order valence-electron chi connectivity index (χ4n) is 5.70. The van der Waals surface area contributed by atoms with Crippen LogP contribution >= 0.6 is 0 Å². The molecule has 13 heteroatoms. The number of carbonyl (C=O) groups is 1. The summed E-state index contributed by atoms with van der Waals surface area (Å²) >= 11 is 0. The van der Waals surface area contributed by atoms with Crippen molar-refractivity contribution in [2.24, 2.45) is 0 Å². The van der Waals surface area contributed by atoms with Crippen LogP contribution in [0.5, 0.6) is 5.75 Å². The Labute approximate surface area is 257 Å². The van der Waals surface area contributed by atoms with Crippen LogP contribution in [0.2, 0.25) is 0 Å². The monoisotopic (exact) mass is 606 g/mol. The Morgan fingerprint density at radius 1 is 1.11 bits per heavy atom. The minimum atomic E-state index is -0.722. The fourth-order valence-corrected chi connectivity index (χ4v) is 5.70. The van der Waals surface area contributed by atoms with Gasteiger partial charge >= 0.3 is 0 Å². The molecule has 0 radical (unpaired) electrons. The van der Waals surface area contributed by atoms with Gasteiger partial charge in [-0.25, -0.2) is 9.97 Å². The molecule has 0 bridgehead atoms. The predicted octanol–water partition coefficient (Wildman–Crippen LogP) is 1.53. The topological polar surface area (TPSA) is 141 Å². The highest BCUT2D eigenvalue weighted by Crippen LogP contribution is 2.25. The number of ether oxygens (including phenoxy) is 2. The van der Waals surface area contributed by atoms with Gasteiger partial charge in [-0.3, -0.25) is 14.6 Å². The molecule has 236 valence electrons. The molecule has 1 unspecified atom stereocenters. The maximum atomic E-state index is 13.2. The number of aliphatic hydroxyl groups excluding tert-OH is 1. The first-order valence-corrected chi connectivity index (χ1v) is 15.4. The molecule has 0 aliphatic carbocycles. The summed E-state index contributed by atoms with van der Waals surface area (Å²) in [5.74, 6) is 2.29. The van der Waals surface area contributed by atoms with Gasteiger partial charge in [-0.2, -0.15) is 4.98 Å². The molecule has 3 aromatic rings. The third-order valence-corrected chi connectivity index (χ3v) is 8.37. The SMILES string of the molecule is CC(C)N1CCN(c2nc(NC3COC3)cc(C(=O)NCC(O)CN3CCc4cc(OCc5cnco5)ccc4C3)n2)CC1. The number of hydrogen-bond donors (Lipinski definition) is 3. The smallest absolute Gasteiger partial charge is 0.270 e. The van der Waals surface area contributed by atoms with Crippen LogP contribution in [0, 0.1) is 0 Å². The number of carbonyl (C=O) groups excluding carboxylic acids is 1. The second kappa shape index (κ2) is 13.9. The molecular weight excluding hydrogens is 564 g/mol. The normalized spacial score (nSPS) is 18.5. The number of oxazole rings is 1. The Morgan fingerprint density at radius 3 is 2.68 bits per heavy atom. The van der Waals surface area contributed by atoms with E-state index in [9.17, 15) is 9.90 Å². The van der Waals surface area contributed by atoms with E-state index >= 15 is 0 Å². The largest absolute Gasteiger partial charge is 0.486 e. The number of β-amino-alcohol motifs (C(OH)–C–C–N with tert-alkyl or cyclic N) is 1. The number of anilines is 2. The highest BCUT2D eigenvalue weighted by molar-refractivity contribution is 5.93. The van der Waals surface area contributed by atoms with Crippen LogP contribution < -0.4 is 20.3 Å². The predicted molar refractivity (Wildman–Crippen MR) is 164 cm³/mol. The first-order valence-electron chi connectivity index (χ1n) is 15.4. The van der Waals surface area contributed by atoms with Crippen LogP contribution in [0.15, 0.2) is 41.3 Å².